The Hall–Kier alpha value is -0.830. The minimum atomic E-state index is -0.373. The number of carbonyl (C=O) groups is 1. The molecule has 1 heterocycles. The Morgan fingerprint density at radius 3 is 2.82 bits per heavy atom. The lowest BCUT2D eigenvalue weighted by molar-refractivity contribution is -0.119. The summed E-state index contributed by atoms with van der Waals surface area (Å²) in [5, 5.41) is 3.54. The number of anilines is 1. The maximum absolute atomic E-state index is 13.2. The highest BCUT2D eigenvalue weighted by molar-refractivity contribution is 9.11. The van der Waals surface area contributed by atoms with Gasteiger partial charge in [0.2, 0.25) is 5.91 Å². The van der Waals surface area contributed by atoms with Gasteiger partial charge in [-0.25, -0.2) is 9.37 Å². The second-order valence-corrected chi connectivity index (χ2v) is 8.16. The van der Waals surface area contributed by atoms with Gasteiger partial charge in [-0.1, -0.05) is 6.92 Å². The summed E-state index contributed by atoms with van der Waals surface area (Å²) in [4.78, 5) is 16.4. The highest BCUT2D eigenvalue weighted by Gasteiger charge is 2.20. The normalized spacial score (nSPS) is 13.7. The third kappa shape index (κ3) is 4.58. The largest absolute Gasteiger partial charge is 0.326 e. The van der Waals surface area contributed by atoms with Crippen molar-refractivity contribution in [1.29, 1.82) is 0 Å². The van der Waals surface area contributed by atoms with Gasteiger partial charge in [0.1, 0.15) is 10.8 Å². The third-order valence-electron chi connectivity index (χ3n) is 3.05. The van der Waals surface area contributed by atoms with Crippen LogP contribution in [0.5, 0.6) is 0 Å². The first-order chi connectivity index (χ1) is 10.4. The molecule has 0 aliphatic rings. The zero-order chi connectivity index (χ0) is 16.3. The number of carbonyl (C=O) groups excluding carboxylic acids is 1. The molecule has 0 spiro atoms. The van der Waals surface area contributed by atoms with Crippen LogP contribution in [0.3, 0.4) is 0 Å². The van der Waals surface area contributed by atoms with Crippen molar-refractivity contribution in [2.45, 2.75) is 19.4 Å². The molecule has 0 saturated carbocycles. The Morgan fingerprint density at radius 1 is 1.50 bits per heavy atom. The fraction of sp³-hybridized carbons (Fsp3) is 0.286. The highest BCUT2D eigenvalue weighted by Crippen LogP contribution is 2.27. The molecule has 0 bridgehead atoms. The van der Waals surface area contributed by atoms with Crippen LogP contribution in [-0.2, 0) is 4.79 Å². The van der Waals surface area contributed by atoms with Gasteiger partial charge in [0.15, 0.2) is 0 Å². The van der Waals surface area contributed by atoms with Crippen molar-refractivity contribution in [3.63, 3.8) is 0 Å². The topological polar surface area (TPSA) is 68.0 Å². The van der Waals surface area contributed by atoms with E-state index in [2.05, 4.69) is 42.2 Å². The summed E-state index contributed by atoms with van der Waals surface area (Å²) >= 11 is 7.89. The SMILES string of the molecule is C[C@@H](C[C@@H](N)c1ncc(Br)s1)C(=O)Nc1ccc(F)c(Br)c1. The van der Waals surface area contributed by atoms with Crippen LogP contribution in [0.2, 0.25) is 0 Å². The molecule has 4 nitrogen and oxygen atoms in total. The molecule has 22 heavy (non-hydrogen) atoms. The number of nitrogens with one attached hydrogen (secondary N) is 1. The molecule has 2 rings (SSSR count). The Balaban J connectivity index is 1.95. The smallest absolute Gasteiger partial charge is 0.227 e. The lowest BCUT2D eigenvalue weighted by Gasteiger charge is -2.15. The summed E-state index contributed by atoms with van der Waals surface area (Å²) in [5.41, 5.74) is 6.61. The van der Waals surface area contributed by atoms with Gasteiger partial charge in [-0.3, -0.25) is 4.79 Å². The van der Waals surface area contributed by atoms with E-state index in [1.807, 2.05) is 0 Å². The standard InChI is InChI=1S/C14H14Br2FN3OS/c1-7(4-11(18)14-19-6-12(16)22-14)13(21)20-8-2-3-10(17)9(15)5-8/h2-3,5-7,11H,4,18H2,1H3,(H,20,21)/t7-,11+/m0/s1. The van der Waals surface area contributed by atoms with Crippen LogP contribution in [0.4, 0.5) is 10.1 Å². The number of benzene rings is 1. The summed E-state index contributed by atoms with van der Waals surface area (Å²) < 4.78 is 14.4. The van der Waals surface area contributed by atoms with Gasteiger partial charge in [0, 0.05) is 11.6 Å². The summed E-state index contributed by atoms with van der Waals surface area (Å²) in [6.45, 7) is 1.80. The van der Waals surface area contributed by atoms with Gasteiger partial charge in [-0.15, -0.1) is 11.3 Å². The van der Waals surface area contributed by atoms with E-state index in [1.165, 1.54) is 29.5 Å². The minimum absolute atomic E-state index is 0.162. The van der Waals surface area contributed by atoms with Crippen LogP contribution in [0, 0.1) is 11.7 Å². The molecule has 1 amide bonds. The van der Waals surface area contributed by atoms with Gasteiger partial charge >= 0.3 is 0 Å². The molecule has 8 heteroatoms. The number of nitrogens with two attached hydrogens (primary N) is 1. The van der Waals surface area contributed by atoms with Crippen LogP contribution in [0.1, 0.15) is 24.4 Å². The number of rotatable bonds is 5. The summed E-state index contributed by atoms with van der Waals surface area (Å²) in [5.74, 6) is -0.825. The molecule has 1 aromatic heterocycles. The fourth-order valence-electron chi connectivity index (χ4n) is 1.87. The second kappa shape index (κ2) is 7.63. The Labute approximate surface area is 148 Å². The Bertz CT molecular complexity index is 680. The number of nitrogens with zero attached hydrogens (tertiary/aromatic N) is 1. The van der Waals surface area contributed by atoms with Crippen LogP contribution in [0.25, 0.3) is 0 Å². The van der Waals surface area contributed by atoms with Gasteiger partial charge in [0.25, 0.3) is 0 Å². The van der Waals surface area contributed by atoms with Gasteiger partial charge in [0.05, 0.1) is 20.5 Å². The van der Waals surface area contributed by atoms with Crippen molar-refractivity contribution >= 4 is 54.8 Å². The van der Waals surface area contributed by atoms with Gasteiger partial charge < -0.3 is 11.1 Å². The van der Waals surface area contributed by atoms with Crippen molar-refractivity contribution in [2.24, 2.45) is 11.7 Å². The number of halogens is 3. The van der Waals surface area contributed by atoms with Crippen molar-refractivity contribution < 1.29 is 9.18 Å². The first-order valence-corrected chi connectivity index (χ1v) is 8.89. The fourth-order valence-corrected chi connectivity index (χ4v) is 3.50. The molecule has 0 aliphatic heterocycles. The molecule has 0 unspecified atom stereocenters. The van der Waals surface area contributed by atoms with Crippen molar-refractivity contribution in [3.8, 4) is 0 Å². The average Bonchev–Trinajstić information content (AvgIpc) is 2.89. The number of hydrogen-bond acceptors (Lipinski definition) is 4. The van der Waals surface area contributed by atoms with E-state index in [-0.39, 0.29) is 23.7 Å². The molecule has 118 valence electrons. The Kier molecular flexibility index (Phi) is 6.08. The van der Waals surface area contributed by atoms with Crippen LogP contribution >= 0.6 is 43.2 Å². The molecule has 0 saturated heterocycles. The molecule has 0 fully saturated rings. The van der Waals surface area contributed by atoms with E-state index in [1.54, 1.807) is 13.1 Å². The predicted molar refractivity (Wildman–Crippen MR) is 93.3 cm³/mol. The first kappa shape index (κ1) is 17.5. The maximum atomic E-state index is 13.2. The van der Waals surface area contributed by atoms with Gasteiger partial charge in [-0.05, 0) is 56.5 Å². The van der Waals surface area contributed by atoms with Crippen molar-refractivity contribution in [3.05, 3.63) is 43.5 Å². The minimum Gasteiger partial charge on any atom is -0.326 e. The number of aromatic nitrogens is 1. The third-order valence-corrected chi connectivity index (χ3v) is 5.27. The summed E-state index contributed by atoms with van der Waals surface area (Å²) in [6, 6.07) is 4.04. The van der Waals surface area contributed by atoms with E-state index < -0.39 is 0 Å². The second-order valence-electron chi connectivity index (χ2n) is 4.86. The molecular weight excluding hydrogens is 437 g/mol. The summed E-state index contributed by atoms with van der Waals surface area (Å²) in [6.07, 6.45) is 2.18. The zero-order valence-corrected chi connectivity index (χ0v) is 15.6. The quantitative estimate of drug-likeness (QED) is 0.705. The molecule has 0 aliphatic carbocycles. The molecule has 0 radical (unpaired) electrons. The van der Waals surface area contributed by atoms with E-state index in [4.69, 9.17) is 5.73 Å². The number of thiazole rings is 1. The molecule has 1 aromatic carbocycles. The average molecular weight is 451 g/mol. The summed E-state index contributed by atoms with van der Waals surface area (Å²) in [7, 11) is 0. The lowest BCUT2D eigenvalue weighted by Crippen LogP contribution is -2.24. The predicted octanol–water partition coefficient (Wildman–Crippen LogP) is 4.47. The maximum Gasteiger partial charge on any atom is 0.227 e. The van der Waals surface area contributed by atoms with Crippen molar-refractivity contribution in [1.82, 2.24) is 4.98 Å². The van der Waals surface area contributed by atoms with Gasteiger partial charge in [-0.2, -0.15) is 0 Å². The lowest BCUT2D eigenvalue weighted by atomic mass is 10.0. The number of amides is 1. The van der Waals surface area contributed by atoms with E-state index >= 15 is 0 Å². The zero-order valence-electron chi connectivity index (χ0n) is 11.6. The monoisotopic (exact) mass is 449 g/mol. The number of hydrogen-bond donors (Lipinski definition) is 2. The molecule has 2 aromatic rings. The van der Waals surface area contributed by atoms with E-state index in [0.717, 1.165) is 8.79 Å². The molecule has 2 atom stereocenters. The van der Waals surface area contributed by atoms with Crippen LogP contribution in [-0.4, -0.2) is 10.9 Å². The molecule has 3 N–H and O–H groups in total. The first-order valence-electron chi connectivity index (χ1n) is 6.49. The van der Waals surface area contributed by atoms with E-state index in [0.29, 0.717) is 16.6 Å². The van der Waals surface area contributed by atoms with Crippen molar-refractivity contribution in [2.75, 3.05) is 5.32 Å². The van der Waals surface area contributed by atoms with Crippen LogP contribution < -0.4 is 11.1 Å². The van der Waals surface area contributed by atoms with E-state index in [9.17, 15) is 9.18 Å². The molecular formula is C14H14Br2FN3OS. The van der Waals surface area contributed by atoms with Crippen LogP contribution in [0.15, 0.2) is 32.7 Å². The highest BCUT2D eigenvalue weighted by atomic mass is 79.9. The Morgan fingerprint density at radius 2 is 2.23 bits per heavy atom.